The SMILES string of the molecule is Cn1ccc(-n2c(=O)[nH]c3cccc(C(=O)O)c32)n1. The number of nitrogens with one attached hydrogen (secondary N) is 1. The van der Waals surface area contributed by atoms with Crippen LogP contribution in [0.2, 0.25) is 0 Å². The summed E-state index contributed by atoms with van der Waals surface area (Å²) in [4.78, 5) is 25.9. The molecule has 0 saturated heterocycles. The normalized spacial score (nSPS) is 11.0. The van der Waals surface area contributed by atoms with Crippen LogP contribution in [0.15, 0.2) is 35.3 Å². The summed E-state index contributed by atoms with van der Waals surface area (Å²) in [5.74, 6) is -0.707. The number of hydrogen-bond acceptors (Lipinski definition) is 3. The summed E-state index contributed by atoms with van der Waals surface area (Å²) in [5, 5.41) is 13.3. The third-order valence-corrected chi connectivity index (χ3v) is 2.86. The number of fused-ring (bicyclic) bond motifs is 1. The van der Waals surface area contributed by atoms with Crippen LogP contribution in [0.3, 0.4) is 0 Å². The third kappa shape index (κ3) is 1.63. The van der Waals surface area contributed by atoms with Gasteiger partial charge in [0, 0.05) is 19.3 Å². The number of aryl methyl sites for hydroxylation is 1. The van der Waals surface area contributed by atoms with Gasteiger partial charge >= 0.3 is 11.7 Å². The monoisotopic (exact) mass is 258 g/mol. The zero-order valence-corrected chi connectivity index (χ0v) is 9.99. The fraction of sp³-hybridized carbons (Fsp3) is 0.0833. The molecule has 0 aliphatic heterocycles. The van der Waals surface area contributed by atoms with Crippen molar-refractivity contribution in [3.8, 4) is 5.82 Å². The van der Waals surface area contributed by atoms with Crippen LogP contribution < -0.4 is 5.69 Å². The molecular weight excluding hydrogens is 248 g/mol. The Labute approximate surface area is 106 Å². The molecule has 19 heavy (non-hydrogen) atoms. The molecular formula is C12H10N4O3. The number of para-hydroxylation sites is 1. The van der Waals surface area contributed by atoms with Gasteiger partial charge in [-0.1, -0.05) is 6.07 Å². The van der Waals surface area contributed by atoms with Crippen LogP contribution in [0.1, 0.15) is 10.4 Å². The first-order valence-corrected chi connectivity index (χ1v) is 5.55. The van der Waals surface area contributed by atoms with Gasteiger partial charge in [-0.15, -0.1) is 0 Å². The van der Waals surface area contributed by atoms with E-state index in [1.165, 1.54) is 10.6 Å². The summed E-state index contributed by atoms with van der Waals surface area (Å²) in [6.07, 6.45) is 1.68. The lowest BCUT2D eigenvalue weighted by Crippen LogP contribution is -2.16. The first kappa shape index (κ1) is 11.3. The molecule has 0 spiro atoms. The maximum Gasteiger partial charge on any atom is 0.337 e. The van der Waals surface area contributed by atoms with Crippen LogP contribution in [0.4, 0.5) is 0 Å². The van der Waals surface area contributed by atoms with Gasteiger partial charge in [0.1, 0.15) is 0 Å². The quantitative estimate of drug-likeness (QED) is 0.709. The molecule has 0 fully saturated rings. The smallest absolute Gasteiger partial charge is 0.337 e. The average molecular weight is 258 g/mol. The van der Waals surface area contributed by atoms with Gasteiger partial charge in [-0.25, -0.2) is 14.2 Å². The van der Waals surface area contributed by atoms with Crippen molar-refractivity contribution in [2.75, 3.05) is 0 Å². The number of aromatic amines is 1. The number of aromatic nitrogens is 4. The highest BCUT2D eigenvalue weighted by molar-refractivity contribution is 6.01. The molecule has 0 bridgehead atoms. The minimum absolute atomic E-state index is 0.0569. The van der Waals surface area contributed by atoms with Crippen molar-refractivity contribution in [1.82, 2.24) is 19.3 Å². The van der Waals surface area contributed by atoms with E-state index in [9.17, 15) is 14.7 Å². The zero-order chi connectivity index (χ0) is 13.6. The van der Waals surface area contributed by atoms with Crippen molar-refractivity contribution in [1.29, 1.82) is 0 Å². The molecule has 96 valence electrons. The molecule has 0 aliphatic carbocycles. The summed E-state index contributed by atoms with van der Waals surface area (Å²) >= 11 is 0. The largest absolute Gasteiger partial charge is 0.478 e. The molecule has 0 atom stereocenters. The van der Waals surface area contributed by atoms with Crippen molar-refractivity contribution >= 4 is 17.0 Å². The number of carboxylic acid groups (broad SMARTS) is 1. The molecule has 2 aromatic heterocycles. The van der Waals surface area contributed by atoms with Gasteiger partial charge in [-0.2, -0.15) is 5.10 Å². The average Bonchev–Trinajstić information content (AvgIpc) is 2.90. The first-order chi connectivity index (χ1) is 9.08. The number of H-pyrrole nitrogens is 1. The predicted molar refractivity (Wildman–Crippen MR) is 67.6 cm³/mol. The molecule has 0 aliphatic rings. The van der Waals surface area contributed by atoms with Crippen LogP contribution in [0.25, 0.3) is 16.9 Å². The number of carbonyl (C=O) groups is 1. The molecule has 3 rings (SSSR count). The maximum absolute atomic E-state index is 12.0. The number of hydrogen-bond donors (Lipinski definition) is 2. The number of aromatic carboxylic acids is 1. The molecule has 0 unspecified atom stereocenters. The van der Waals surface area contributed by atoms with Crippen LogP contribution >= 0.6 is 0 Å². The molecule has 3 aromatic rings. The highest BCUT2D eigenvalue weighted by Gasteiger charge is 2.17. The molecule has 2 N–H and O–H groups in total. The van der Waals surface area contributed by atoms with Crippen molar-refractivity contribution in [2.45, 2.75) is 0 Å². The third-order valence-electron chi connectivity index (χ3n) is 2.86. The zero-order valence-electron chi connectivity index (χ0n) is 9.99. The van der Waals surface area contributed by atoms with Crippen LogP contribution in [0, 0.1) is 0 Å². The van der Waals surface area contributed by atoms with Gasteiger partial charge in [-0.3, -0.25) is 4.68 Å². The van der Waals surface area contributed by atoms with Crippen molar-refractivity contribution in [3.63, 3.8) is 0 Å². The number of imidazole rings is 1. The molecule has 0 radical (unpaired) electrons. The van der Waals surface area contributed by atoms with E-state index in [4.69, 9.17) is 0 Å². The summed E-state index contributed by atoms with van der Waals surface area (Å²) in [6, 6.07) is 6.35. The lowest BCUT2D eigenvalue weighted by atomic mass is 10.2. The summed E-state index contributed by atoms with van der Waals surface area (Å²) in [5.41, 5.74) is 0.429. The Morgan fingerprint density at radius 1 is 1.37 bits per heavy atom. The van der Waals surface area contributed by atoms with Gasteiger partial charge in [-0.05, 0) is 12.1 Å². The van der Waals surface area contributed by atoms with E-state index in [0.717, 1.165) is 0 Å². The van der Waals surface area contributed by atoms with E-state index >= 15 is 0 Å². The molecule has 0 saturated carbocycles. The van der Waals surface area contributed by atoms with Gasteiger partial charge in [0.05, 0.1) is 16.6 Å². The highest BCUT2D eigenvalue weighted by atomic mass is 16.4. The lowest BCUT2D eigenvalue weighted by Gasteiger charge is -2.02. The Kier molecular flexibility index (Phi) is 2.28. The first-order valence-electron chi connectivity index (χ1n) is 5.55. The Morgan fingerprint density at radius 2 is 2.16 bits per heavy atom. The van der Waals surface area contributed by atoms with E-state index in [-0.39, 0.29) is 5.56 Å². The Balaban J connectivity index is 2.44. The summed E-state index contributed by atoms with van der Waals surface area (Å²) in [7, 11) is 1.72. The van der Waals surface area contributed by atoms with E-state index in [0.29, 0.717) is 16.9 Å². The Bertz CT molecular complexity index is 840. The number of carboxylic acids is 1. The lowest BCUT2D eigenvalue weighted by molar-refractivity contribution is 0.0698. The molecule has 0 amide bonds. The fourth-order valence-corrected chi connectivity index (χ4v) is 2.07. The second-order valence-electron chi connectivity index (χ2n) is 4.12. The van der Waals surface area contributed by atoms with E-state index < -0.39 is 11.7 Å². The molecule has 2 heterocycles. The minimum atomic E-state index is -1.09. The van der Waals surface area contributed by atoms with E-state index in [1.807, 2.05) is 0 Å². The van der Waals surface area contributed by atoms with Gasteiger partial charge in [0.25, 0.3) is 0 Å². The van der Waals surface area contributed by atoms with Crippen molar-refractivity contribution in [2.24, 2.45) is 7.05 Å². The Hall–Kier alpha value is -2.83. The van der Waals surface area contributed by atoms with Crippen molar-refractivity contribution < 1.29 is 9.90 Å². The minimum Gasteiger partial charge on any atom is -0.478 e. The maximum atomic E-state index is 12.0. The van der Waals surface area contributed by atoms with Gasteiger partial charge in [0.2, 0.25) is 0 Å². The fourth-order valence-electron chi connectivity index (χ4n) is 2.07. The van der Waals surface area contributed by atoms with Crippen LogP contribution in [-0.2, 0) is 7.05 Å². The van der Waals surface area contributed by atoms with Crippen molar-refractivity contribution in [3.05, 3.63) is 46.5 Å². The number of benzene rings is 1. The molecule has 1 aromatic carbocycles. The summed E-state index contributed by atoms with van der Waals surface area (Å²) < 4.78 is 2.81. The summed E-state index contributed by atoms with van der Waals surface area (Å²) in [6.45, 7) is 0. The second kappa shape index (κ2) is 3.84. The van der Waals surface area contributed by atoms with Crippen LogP contribution in [0.5, 0.6) is 0 Å². The number of rotatable bonds is 2. The second-order valence-corrected chi connectivity index (χ2v) is 4.12. The van der Waals surface area contributed by atoms with Crippen LogP contribution in [-0.4, -0.2) is 30.4 Å². The molecule has 7 nitrogen and oxygen atoms in total. The predicted octanol–water partition coefficient (Wildman–Crippen LogP) is 0.750. The van der Waals surface area contributed by atoms with Gasteiger partial charge in [0.15, 0.2) is 5.82 Å². The molecule has 7 heteroatoms. The highest BCUT2D eigenvalue weighted by Crippen LogP contribution is 2.18. The topological polar surface area (TPSA) is 92.9 Å². The van der Waals surface area contributed by atoms with E-state index in [2.05, 4.69) is 10.1 Å². The standard InChI is InChI=1S/C12H10N4O3/c1-15-6-5-9(14-15)16-10-7(11(17)18)3-2-4-8(10)13-12(16)19/h2-6H,1H3,(H,13,19)(H,17,18). The Morgan fingerprint density at radius 3 is 2.79 bits per heavy atom. The van der Waals surface area contributed by atoms with Gasteiger partial charge < -0.3 is 10.1 Å². The number of nitrogens with zero attached hydrogens (tertiary/aromatic N) is 3. The van der Waals surface area contributed by atoms with E-state index in [1.54, 1.807) is 36.1 Å².